The Labute approximate surface area is 82.8 Å². The van der Waals surface area contributed by atoms with Crippen LogP contribution in [-0.4, -0.2) is 16.3 Å². The number of hydrogen-bond acceptors (Lipinski definition) is 5. The second-order valence-electron chi connectivity index (χ2n) is 2.45. The number of nitrogens with zero attached hydrogens (tertiary/aromatic N) is 2. The summed E-state index contributed by atoms with van der Waals surface area (Å²) in [5.74, 6) is 0. The molecule has 8 heteroatoms. The molecule has 0 saturated carbocycles. The molecule has 0 bridgehead atoms. The second-order valence-corrected chi connectivity index (χ2v) is 2.45. The fourth-order valence-corrected chi connectivity index (χ4v) is 1.05. The van der Waals surface area contributed by atoms with Crippen molar-refractivity contribution in [2.24, 2.45) is 0 Å². The van der Waals surface area contributed by atoms with E-state index in [9.17, 15) is 25.0 Å². The number of nitrogens with one attached hydrogen (secondary N) is 1. The van der Waals surface area contributed by atoms with Crippen molar-refractivity contribution < 1.29 is 14.6 Å². The van der Waals surface area contributed by atoms with E-state index in [1.165, 1.54) is 12.1 Å². The number of hydrogen-bond donors (Lipinski definition) is 1. The van der Waals surface area contributed by atoms with Crippen LogP contribution < -0.4 is 5.32 Å². The standard InChI is InChI=1S/C7H5N3O5/c11-4-8-5-2-1-3-6(9(12)13)7(5)10(14)15/h1-4H,(H,8,11). The van der Waals surface area contributed by atoms with Gasteiger partial charge in [-0.2, -0.15) is 0 Å². The summed E-state index contributed by atoms with van der Waals surface area (Å²) in [6.45, 7) is 0. The molecule has 8 nitrogen and oxygen atoms in total. The average molecular weight is 211 g/mol. The van der Waals surface area contributed by atoms with E-state index in [4.69, 9.17) is 0 Å². The lowest BCUT2D eigenvalue weighted by molar-refractivity contribution is -0.421. The minimum atomic E-state index is -0.913. The minimum absolute atomic E-state index is 0.204. The van der Waals surface area contributed by atoms with Gasteiger partial charge in [-0.3, -0.25) is 25.0 Å². The van der Waals surface area contributed by atoms with E-state index < -0.39 is 21.2 Å². The van der Waals surface area contributed by atoms with Gasteiger partial charge in [-0.25, -0.2) is 0 Å². The SMILES string of the molecule is O=CNc1cccc([N+](=O)[O-])c1[N+](=O)[O-]. The first-order valence-electron chi connectivity index (χ1n) is 3.70. The van der Waals surface area contributed by atoms with Gasteiger partial charge in [0, 0.05) is 6.07 Å². The van der Waals surface area contributed by atoms with Crippen LogP contribution in [0.4, 0.5) is 17.1 Å². The van der Waals surface area contributed by atoms with Crippen LogP contribution in [-0.2, 0) is 4.79 Å². The lowest BCUT2D eigenvalue weighted by atomic mass is 10.2. The molecule has 0 saturated heterocycles. The molecule has 1 aromatic rings. The molecule has 0 heterocycles. The van der Waals surface area contributed by atoms with Gasteiger partial charge in [-0.05, 0) is 6.07 Å². The highest BCUT2D eigenvalue weighted by Gasteiger charge is 2.27. The van der Waals surface area contributed by atoms with Crippen LogP contribution in [0.25, 0.3) is 0 Å². The van der Waals surface area contributed by atoms with Gasteiger partial charge in [0.2, 0.25) is 6.41 Å². The van der Waals surface area contributed by atoms with Crippen molar-refractivity contribution in [3.8, 4) is 0 Å². The van der Waals surface area contributed by atoms with Gasteiger partial charge in [0.15, 0.2) is 0 Å². The zero-order valence-electron chi connectivity index (χ0n) is 7.25. The third-order valence-corrected chi connectivity index (χ3v) is 1.61. The van der Waals surface area contributed by atoms with E-state index in [2.05, 4.69) is 0 Å². The third-order valence-electron chi connectivity index (χ3n) is 1.61. The molecular weight excluding hydrogens is 206 g/mol. The molecule has 1 N–H and O–H groups in total. The summed E-state index contributed by atoms with van der Waals surface area (Å²) in [6.07, 6.45) is 0.214. The fraction of sp³-hybridized carbons (Fsp3) is 0. The number of nitro benzene ring substituents is 2. The predicted octanol–water partition coefficient (Wildman–Crippen LogP) is 1.07. The summed E-state index contributed by atoms with van der Waals surface area (Å²) in [5, 5.41) is 23.1. The van der Waals surface area contributed by atoms with Crippen LogP contribution in [0.1, 0.15) is 0 Å². The lowest BCUT2D eigenvalue weighted by Crippen LogP contribution is -2.02. The van der Waals surface area contributed by atoms with Crippen LogP contribution >= 0.6 is 0 Å². The molecular formula is C7H5N3O5. The molecule has 15 heavy (non-hydrogen) atoms. The first-order valence-corrected chi connectivity index (χ1v) is 3.70. The van der Waals surface area contributed by atoms with Gasteiger partial charge in [0.25, 0.3) is 0 Å². The van der Waals surface area contributed by atoms with Crippen molar-refractivity contribution in [2.75, 3.05) is 5.32 Å². The smallest absolute Gasteiger partial charge is 0.323 e. The highest BCUT2D eigenvalue weighted by atomic mass is 16.6. The van der Waals surface area contributed by atoms with Crippen LogP contribution in [0.15, 0.2) is 18.2 Å². The van der Waals surface area contributed by atoms with Crippen LogP contribution in [0.2, 0.25) is 0 Å². The number of carbonyl (C=O) groups excluding carboxylic acids is 1. The molecule has 1 amide bonds. The van der Waals surface area contributed by atoms with E-state index in [-0.39, 0.29) is 12.1 Å². The zero-order chi connectivity index (χ0) is 11.4. The summed E-state index contributed by atoms with van der Waals surface area (Å²) in [4.78, 5) is 29.4. The molecule has 0 aliphatic heterocycles. The summed E-state index contributed by atoms with van der Waals surface area (Å²) < 4.78 is 0. The van der Waals surface area contributed by atoms with Gasteiger partial charge in [-0.15, -0.1) is 0 Å². The molecule has 0 spiro atoms. The highest BCUT2D eigenvalue weighted by Crippen LogP contribution is 2.33. The van der Waals surface area contributed by atoms with E-state index in [0.717, 1.165) is 6.07 Å². The predicted molar refractivity (Wildman–Crippen MR) is 49.4 cm³/mol. The van der Waals surface area contributed by atoms with Gasteiger partial charge >= 0.3 is 11.4 Å². The fourth-order valence-electron chi connectivity index (χ4n) is 1.05. The number of anilines is 1. The van der Waals surface area contributed by atoms with Crippen molar-refractivity contribution in [3.63, 3.8) is 0 Å². The highest BCUT2D eigenvalue weighted by molar-refractivity contribution is 5.81. The Morgan fingerprint density at radius 1 is 1.20 bits per heavy atom. The maximum Gasteiger partial charge on any atom is 0.369 e. The van der Waals surface area contributed by atoms with Crippen molar-refractivity contribution >= 4 is 23.5 Å². The van der Waals surface area contributed by atoms with Crippen LogP contribution in [0.3, 0.4) is 0 Å². The Balaban J connectivity index is 3.40. The molecule has 0 aromatic heterocycles. The second kappa shape index (κ2) is 4.13. The first kappa shape index (κ1) is 10.6. The van der Waals surface area contributed by atoms with E-state index >= 15 is 0 Å². The summed E-state index contributed by atoms with van der Waals surface area (Å²) >= 11 is 0. The van der Waals surface area contributed by atoms with Gasteiger partial charge in [0.05, 0.1) is 9.85 Å². The number of carbonyl (C=O) groups is 1. The Morgan fingerprint density at radius 2 is 1.87 bits per heavy atom. The zero-order valence-corrected chi connectivity index (χ0v) is 7.25. The van der Waals surface area contributed by atoms with E-state index in [0.29, 0.717) is 0 Å². The molecule has 0 radical (unpaired) electrons. The van der Waals surface area contributed by atoms with Gasteiger partial charge in [0.1, 0.15) is 5.69 Å². The Hall–Kier alpha value is -2.51. The maximum absolute atomic E-state index is 10.6. The Morgan fingerprint density at radius 3 is 2.33 bits per heavy atom. The maximum atomic E-state index is 10.6. The van der Waals surface area contributed by atoms with E-state index in [1.54, 1.807) is 0 Å². The molecule has 0 aliphatic carbocycles. The summed E-state index contributed by atoms with van der Waals surface area (Å²) in [6, 6.07) is 3.45. The first-order chi connectivity index (χ1) is 7.07. The van der Waals surface area contributed by atoms with Gasteiger partial charge < -0.3 is 5.32 Å². The Bertz CT molecular complexity index is 431. The number of amides is 1. The van der Waals surface area contributed by atoms with Crippen molar-refractivity contribution in [1.29, 1.82) is 0 Å². The molecule has 0 unspecified atom stereocenters. The normalized spacial score (nSPS) is 9.33. The topological polar surface area (TPSA) is 115 Å². The summed E-state index contributed by atoms with van der Waals surface area (Å²) in [7, 11) is 0. The Kier molecular flexibility index (Phi) is 2.91. The third kappa shape index (κ3) is 2.05. The van der Waals surface area contributed by atoms with Gasteiger partial charge in [-0.1, -0.05) is 6.07 Å². The minimum Gasteiger partial charge on any atom is -0.323 e. The molecule has 0 atom stereocenters. The average Bonchev–Trinajstić information content (AvgIpc) is 2.17. The largest absolute Gasteiger partial charge is 0.369 e. The van der Waals surface area contributed by atoms with Crippen molar-refractivity contribution in [2.45, 2.75) is 0 Å². The number of para-hydroxylation sites is 1. The molecule has 0 fully saturated rings. The van der Waals surface area contributed by atoms with Crippen molar-refractivity contribution in [3.05, 3.63) is 38.4 Å². The number of rotatable bonds is 4. The summed E-state index contributed by atoms with van der Waals surface area (Å²) in [5.41, 5.74) is -1.59. The quantitative estimate of drug-likeness (QED) is 0.454. The number of benzene rings is 1. The van der Waals surface area contributed by atoms with E-state index in [1.807, 2.05) is 5.32 Å². The molecule has 1 aromatic carbocycles. The molecule has 1 rings (SSSR count). The number of nitro groups is 2. The molecule has 78 valence electrons. The van der Waals surface area contributed by atoms with Crippen molar-refractivity contribution in [1.82, 2.24) is 0 Å². The van der Waals surface area contributed by atoms with Crippen LogP contribution in [0.5, 0.6) is 0 Å². The van der Waals surface area contributed by atoms with Crippen LogP contribution in [0, 0.1) is 20.2 Å². The lowest BCUT2D eigenvalue weighted by Gasteiger charge is -2.00. The monoisotopic (exact) mass is 211 g/mol. The molecule has 0 aliphatic rings.